The van der Waals surface area contributed by atoms with E-state index in [1.165, 1.54) is 6.07 Å². The smallest absolute Gasteiger partial charge is 0.260 e. The van der Waals surface area contributed by atoms with Gasteiger partial charge in [0.15, 0.2) is 18.2 Å². The number of halogens is 2. The Labute approximate surface area is 158 Å². The van der Waals surface area contributed by atoms with Crippen molar-refractivity contribution in [2.45, 2.75) is 23.2 Å². The van der Waals surface area contributed by atoms with Gasteiger partial charge in [0.25, 0.3) is 5.91 Å². The molecule has 1 heterocycles. The second-order valence-electron chi connectivity index (χ2n) is 6.21. The minimum atomic E-state index is -1.52. The third-order valence-electron chi connectivity index (χ3n) is 4.39. The van der Waals surface area contributed by atoms with Crippen LogP contribution in [0, 0.1) is 11.6 Å². The first kappa shape index (κ1) is 19.4. The highest BCUT2D eigenvalue weighted by Crippen LogP contribution is 2.22. The summed E-state index contributed by atoms with van der Waals surface area (Å²) in [5, 5.41) is 8.67. The molecule has 27 heavy (non-hydrogen) atoms. The number of carbonyl (C=O) groups excluding carboxylic acids is 1. The van der Waals surface area contributed by atoms with Gasteiger partial charge in [-0.15, -0.1) is 0 Å². The molecule has 0 radical (unpaired) electrons. The Morgan fingerprint density at radius 3 is 2.59 bits per heavy atom. The molecule has 1 aliphatic rings. The number of hydrogen-bond acceptors (Lipinski definition) is 4. The zero-order valence-corrected chi connectivity index (χ0v) is 15.3. The fraction of sp³-hybridized carbons (Fsp3) is 0.316. The first-order chi connectivity index (χ1) is 13.0. The maximum Gasteiger partial charge on any atom is 0.260 e. The largest absolute Gasteiger partial charge is 0.484 e. The van der Waals surface area contributed by atoms with Crippen molar-refractivity contribution < 1.29 is 27.6 Å². The van der Waals surface area contributed by atoms with Crippen LogP contribution >= 0.6 is 0 Å². The van der Waals surface area contributed by atoms with E-state index < -0.39 is 22.4 Å². The van der Waals surface area contributed by atoms with E-state index in [1.807, 2.05) is 0 Å². The summed E-state index contributed by atoms with van der Waals surface area (Å²) in [5.74, 6) is -1.73. The minimum Gasteiger partial charge on any atom is -0.484 e. The molecule has 0 bridgehead atoms. The van der Waals surface area contributed by atoms with Crippen LogP contribution in [0.5, 0.6) is 5.75 Å². The number of amides is 1. The summed E-state index contributed by atoms with van der Waals surface area (Å²) < 4.78 is 44.4. The fourth-order valence-electron chi connectivity index (χ4n) is 2.85. The average molecular weight is 395 g/mol. The van der Waals surface area contributed by atoms with Gasteiger partial charge in [-0.2, -0.15) is 0 Å². The monoisotopic (exact) mass is 395 g/mol. The van der Waals surface area contributed by atoms with E-state index in [0.29, 0.717) is 18.7 Å². The van der Waals surface area contributed by atoms with Crippen LogP contribution in [0.1, 0.15) is 12.0 Å². The second-order valence-corrected chi connectivity index (χ2v) is 7.95. The second kappa shape index (κ2) is 8.58. The molecule has 8 heteroatoms. The first-order valence-electron chi connectivity index (χ1n) is 8.44. The topological polar surface area (TPSA) is 66.8 Å². The summed E-state index contributed by atoms with van der Waals surface area (Å²) in [7, 11) is -1.52. The van der Waals surface area contributed by atoms with E-state index in [1.54, 1.807) is 29.2 Å². The highest BCUT2D eigenvalue weighted by atomic mass is 32.2. The van der Waals surface area contributed by atoms with Gasteiger partial charge in [0.1, 0.15) is 5.75 Å². The van der Waals surface area contributed by atoms with Gasteiger partial charge in [0.05, 0.1) is 22.7 Å². The number of benzene rings is 2. The molecule has 3 rings (SSSR count). The Morgan fingerprint density at radius 2 is 1.93 bits per heavy atom. The number of rotatable bonds is 6. The maximum absolute atomic E-state index is 13.3. The van der Waals surface area contributed by atoms with Gasteiger partial charge in [-0.1, -0.05) is 12.1 Å². The van der Waals surface area contributed by atoms with Gasteiger partial charge in [-0.3, -0.25) is 9.00 Å². The number of hydrogen-bond donors (Lipinski definition) is 1. The molecule has 5 nitrogen and oxygen atoms in total. The van der Waals surface area contributed by atoms with Gasteiger partial charge in [0, 0.05) is 18.0 Å². The number of aliphatic hydroxyl groups excluding tert-OH is 1. The van der Waals surface area contributed by atoms with Crippen LogP contribution in [0.25, 0.3) is 0 Å². The number of nitrogens with zero attached hydrogens (tertiary/aromatic N) is 1. The summed E-state index contributed by atoms with van der Waals surface area (Å²) in [6.07, 6.45) is 0.516. The van der Waals surface area contributed by atoms with E-state index in [2.05, 4.69) is 0 Å². The lowest BCUT2D eigenvalue weighted by Gasteiger charge is -2.17. The van der Waals surface area contributed by atoms with Crippen LogP contribution in [-0.2, 0) is 22.2 Å². The molecule has 2 atom stereocenters. The third kappa shape index (κ3) is 4.70. The van der Waals surface area contributed by atoms with Crippen molar-refractivity contribution in [2.75, 3.05) is 19.7 Å². The fourth-order valence-corrected chi connectivity index (χ4v) is 4.29. The van der Waals surface area contributed by atoms with Crippen LogP contribution in [0.2, 0.25) is 0 Å². The number of likely N-dealkylation sites (tertiary alicyclic amines) is 1. The van der Waals surface area contributed by atoms with Gasteiger partial charge >= 0.3 is 0 Å². The van der Waals surface area contributed by atoms with Gasteiger partial charge in [-0.05, 0) is 42.3 Å². The number of aliphatic hydroxyl groups is 1. The van der Waals surface area contributed by atoms with Crippen molar-refractivity contribution in [1.29, 1.82) is 0 Å². The van der Waals surface area contributed by atoms with Crippen molar-refractivity contribution >= 4 is 16.7 Å². The molecule has 144 valence electrons. The standard InChI is InChI=1S/C19H19F2NO4S/c20-17-6-5-15(9-18(17)21)27(25)16-7-8-22(10-16)19(24)12-26-14-3-1-13(11-23)2-4-14/h1-6,9,16,23H,7-8,10-12H2. The van der Waals surface area contributed by atoms with Crippen LogP contribution in [0.15, 0.2) is 47.4 Å². The third-order valence-corrected chi connectivity index (χ3v) is 6.10. The van der Waals surface area contributed by atoms with Crippen molar-refractivity contribution in [3.63, 3.8) is 0 Å². The molecule has 2 unspecified atom stereocenters. The molecule has 0 saturated carbocycles. The Bertz CT molecular complexity index is 844. The zero-order chi connectivity index (χ0) is 19.4. The summed E-state index contributed by atoms with van der Waals surface area (Å²) in [5.41, 5.74) is 0.746. The lowest BCUT2D eigenvalue weighted by Crippen LogP contribution is -2.34. The Kier molecular flexibility index (Phi) is 6.18. The van der Waals surface area contributed by atoms with E-state index in [9.17, 15) is 17.8 Å². The van der Waals surface area contributed by atoms with Crippen LogP contribution in [0.4, 0.5) is 8.78 Å². The molecule has 1 fully saturated rings. The number of carbonyl (C=O) groups is 1. The molecule has 2 aromatic rings. The normalized spacial score (nSPS) is 17.7. The molecule has 0 aliphatic carbocycles. The molecule has 1 N–H and O–H groups in total. The van der Waals surface area contributed by atoms with Crippen molar-refractivity contribution in [2.24, 2.45) is 0 Å². The lowest BCUT2D eigenvalue weighted by atomic mass is 10.2. The zero-order valence-electron chi connectivity index (χ0n) is 14.4. The molecule has 1 amide bonds. The Morgan fingerprint density at radius 1 is 1.19 bits per heavy atom. The summed E-state index contributed by atoms with van der Waals surface area (Å²) >= 11 is 0. The Balaban J connectivity index is 1.54. The highest BCUT2D eigenvalue weighted by Gasteiger charge is 2.31. The summed E-state index contributed by atoms with van der Waals surface area (Å²) in [6.45, 7) is 0.495. The SMILES string of the molecule is O=C(COc1ccc(CO)cc1)N1CCC(S(=O)c2ccc(F)c(F)c2)C1. The quantitative estimate of drug-likeness (QED) is 0.815. The predicted octanol–water partition coefficient (Wildman–Crippen LogP) is 2.24. The van der Waals surface area contributed by atoms with E-state index in [4.69, 9.17) is 9.84 Å². The van der Waals surface area contributed by atoms with Crippen molar-refractivity contribution in [1.82, 2.24) is 4.90 Å². The van der Waals surface area contributed by atoms with E-state index in [0.717, 1.165) is 17.7 Å². The van der Waals surface area contributed by atoms with E-state index >= 15 is 0 Å². The molecule has 0 aromatic heterocycles. The van der Waals surface area contributed by atoms with Crippen LogP contribution in [-0.4, -0.2) is 45.1 Å². The van der Waals surface area contributed by atoms with Crippen molar-refractivity contribution in [3.05, 3.63) is 59.7 Å². The van der Waals surface area contributed by atoms with Crippen LogP contribution < -0.4 is 4.74 Å². The maximum atomic E-state index is 13.3. The lowest BCUT2D eigenvalue weighted by molar-refractivity contribution is -0.132. The number of ether oxygens (including phenoxy) is 1. The van der Waals surface area contributed by atoms with Gasteiger partial charge < -0.3 is 14.7 Å². The summed E-state index contributed by atoms with van der Waals surface area (Å²) in [4.78, 5) is 14.1. The predicted molar refractivity (Wildman–Crippen MR) is 95.6 cm³/mol. The average Bonchev–Trinajstić information content (AvgIpc) is 3.18. The van der Waals surface area contributed by atoms with Crippen LogP contribution in [0.3, 0.4) is 0 Å². The molecular weight excluding hydrogens is 376 g/mol. The molecule has 1 aliphatic heterocycles. The van der Waals surface area contributed by atoms with Crippen molar-refractivity contribution in [3.8, 4) is 5.75 Å². The highest BCUT2D eigenvalue weighted by molar-refractivity contribution is 7.85. The first-order valence-corrected chi connectivity index (χ1v) is 9.65. The van der Waals surface area contributed by atoms with E-state index in [-0.39, 0.29) is 35.8 Å². The molecule has 0 spiro atoms. The van der Waals surface area contributed by atoms with Gasteiger partial charge in [0.2, 0.25) is 0 Å². The van der Waals surface area contributed by atoms with Gasteiger partial charge in [-0.25, -0.2) is 8.78 Å². The molecular formula is C19H19F2NO4S. The molecule has 2 aromatic carbocycles. The summed E-state index contributed by atoms with van der Waals surface area (Å²) in [6, 6.07) is 9.95. The minimum absolute atomic E-state index is 0.0660. The molecule has 1 saturated heterocycles. The Hall–Kier alpha value is -2.32.